The molecular weight excluding hydrogens is 338 g/mol. The first-order valence-corrected chi connectivity index (χ1v) is 9.58. The van der Waals surface area contributed by atoms with Gasteiger partial charge in [-0.1, -0.05) is 29.8 Å². The van der Waals surface area contributed by atoms with Crippen LogP contribution in [-0.2, 0) is 6.54 Å². The highest BCUT2D eigenvalue weighted by Gasteiger charge is 2.29. The minimum absolute atomic E-state index is 0.0652. The Hall–Kier alpha value is -2.89. The van der Waals surface area contributed by atoms with Crippen LogP contribution in [0.1, 0.15) is 47.4 Å². The number of amides is 1. The first-order valence-electron chi connectivity index (χ1n) is 9.58. The summed E-state index contributed by atoms with van der Waals surface area (Å²) in [6.45, 7) is 6.28. The Kier molecular flexibility index (Phi) is 4.79. The summed E-state index contributed by atoms with van der Waals surface area (Å²) >= 11 is 0. The molecule has 140 valence electrons. The van der Waals surface area contributed by atoms with Crippen LogP contribution >= 0.6 is 0 Å². The number of nitrogens with zero attached hydrogens (tertiary/aromatic N) is 4. The van der Waals surface area contributed by atoms with Gasteiger partial charge in [0, 0.05) is 43.0 Å². The second-order valence-corrected chi connectivity index (χ2v) is 7.19. The van der Waals surface area contributed by atoms with E-state index in [1.807, 2.05) is 24.1 Å². The van der Waals surface area contributed by atoms with Gasteiger partial charge in [0.25, 0.3) is 5.91 Å². The second kappa shape index (κ2) is 7.39. The Morgan fingerprint density at radius 1 is 1.26 bits per heavy atom. The van der Waals surface area contributed by atoms with E-state index < -0.39 is 0 Å². The molecule has 0 aliphatic carbocycles. The van der Waals surface area contributed by atoms with Crippen molar-refractivity contribution in [1.82, 2.24) is 24.9 Å². The molecule has 1 aliphatic rings. The molecule has 3 aromatic rings. The zero-order valence-corrected chi connectivity index (χ0v) is 15.9. The van der Waals surface area contributed by atoms with Gasteiger partial charge >= 0.3 is 0 Å². The number of hydrogen-bond acceptors (Lipinski definition) is 3. The molecule has 0 spiro atoms. The molecule has 0 unspecified atom stereocenters. The smallest absolute Gasteiger partial charge is 0.272 e. The van der Waals surface area contributed by atoms with Crippen LogP contribution in [-0.4, -0.2) is 43.9 Å². The Morgan fingerprint density at radius 3 is 2.85 bits per heavy atom. The highest BCUT2D eigenvalue weighted by molar-refractivity contribution is 5.92. The van der Waals surface area contributed by atoms with Gasteiger partial charge in [-0.15, -0.1) is 0 Å². The van der Waals surface area contributed by atoms with E-state index in [-0.39, 0.29) is 11.8 Å². The van der Waals surface area contributed by atoms with Crippen molar-refractivity contribution in [3.63, 3.8) is 0 Å². The third kappa shape index (κ3) is 3.39. The first-order chi connectivity index (χ1) is 13.2. The summed E-state index contributed by atoms with van der Waals surface area (Å²) in [5.41, 5.74) is 5.33. The van der Waals surface area contributed by atoms with Crippen LogP contribution in [0, 0.1) is 6.92 Å². The number of benzene rings is 1. The Labute approximate surface area is 159 Å². The number of aromatic amines is 1. The SMILES string of the molecule is CCn1nccc1C(=O)N1CCC[C@H](c2[nH]ncc2-c2ccc(C)cc2)C1. The molecule has 1 N–H and O–H groups in total. The summed E-state index contributed by atoms with van der Waals surface area (Å²) in [7, 11) is 0. The van der Waals surface area contributed by atoms with Crippen LogP contribution in [0.2, 0.25) is 0 Å². The average molecular weight is 363 g/mol. The zero-order valence-electron chi connectivity index (χ0n) is 15.9. The number of H-pyrrole nitrogens is 1. The lowest BCUT2D eigenvalue weighted by molar-refractivity contribution is 0.0693. The number of piperidine rings is 1. The van der Waals surface area contributed by atoms with E-state index in [1.54, 1.807) is 10.9 Å². The van der Waals surface area contributed by atoms with Crippen LogP contribution in [0.4, 0.5) is 0 Å². The highest BCUT2D eigenvalue weighted by atomic mass is 16.2. The predicted octanol–water partition coefficient (Wildman–Crippen LogP) is 3.62. The van der Waals surface area contributed by atoms with Crippen LogP contribution in [0.5, 0.6) is 0 Å². The number of aryl methyl sites for hydroxylation is 2. The van der Waals surface area contributed by atoms with Gasteiger partial charge in [-0.2, -0.15) is 10.2 Å². The van der Waals surface area contributed by atoms with Crippen molar-refractivity contribution in [3.8, 4) is 11.1 Å². The lowest BCUT2D eigenvalue weighted by atomic mass is 9.90. The van der Waals surface area contributed by atoms with E-state index in [0.29, 0.717) is 18.8 Å². The van der Waals surface area contributed by atoms with E-state index >= 15 is 0 Å². The Bertz CT molecular complexity index is 924. The minimum Gasteiger partial charge on any atom is -0.337 e. The monoisotopic (exact) mass is 363 g/mol. The number of rotatable bonds is 4. The van der Waals surface area contributed by atoms with Crippen molar-refractivity contribution in [3.05, 3.63) is 59.7 Å². The summed E-state index contributed by atoms with van der Waals surface area (Å²) in [6.07, 6.45) is 5.64. The van der Waals surface area contributed by atoms with Gasteiger partial charge in [-0.05, 0) is 38.3 Å². The third-order valence-corrected chi connectivity index (χ3v) is 5.38. The summed E-state index contributed by atoms with van der Waals surface area (Å²) in [5, 5.41) is 11.7. The van der Waals surface area contributed by atoms with Crippen LogP contribution < -0.4 is 0 Å². The lowest BCUT2D eigenvalue weighted by Gasteiger charge is -2.32. The maximum atomic E-state index is 13.0. The number of carbonyl (C=O) groups is 1. The molecule has 1 fully saturated rings. The average Bonchev–Trinajstić information content (AvgIpc) is 3.37. The van der Waals surface area contributed by atoms with E-state index in [0.717, 1.165) is 36.2 Å². The molecular formula is C21H25N5O. The summed E-state index contributed by atoms with van der Waals surface area (Å²) in [5.74, 6) is 0.329. The molecule has 6 nitrogen and oxygen atoms in total. The molecule has 27 heavy (non-hydrogen) atoms. The van der Waals surface area contributed by atoms with Crippen molar-refractivity contribution >= 4 is 5.91 Å². The predicted molar refractivity (Wildman–Crippen MR) is 105 cm³/mol. The summed E-state index contributed by atoms with van der Waals surface area (Å²) < 4.78 is 1.76. The molecule has 6 heteroatoms. The van der Waals surface area contributed by atoms with E-state index in [2.05, 4.69) is 46.5 Å². The van der Waals surface area contributed by atoms with E-state index in [1.165, 1.54) is 5.56 Å². The standard InChI is InChI=1S/C21H25N5O/c1-3-26-19(10-11-23-26)21(27)25-12-4-5-17(14-25)20-18(13-22-24-20)16-8-6-15(2)7-9-16/h6-11,13,17H,3-5,12,14H2,1-2H3,(H,22,24)/t17-/m0/s1. The highest BCUT2D eigenvalue weighted by Crippen LogP contribution is 2.33. The fourth-order valence-corrected chi connectivity index (χ4v) is 3.90. The van der Waals surface area contributed by atoms with E-state index in [4.69, 9.17) is 0 Å². The summed E-state index contributed by atoms with van der Waals surface area (Å²) in [6, 6.07) is 10.3. The molecule has 3 heterocycles. The largest absolute Gasteiger partial charge is 0.337 e. The molecule has 1 saturated heterocycles. The maximum Gasteiger partial charge on any atom is 0.272 e. The zero-order chi connectivity index (χ0) is 18.8. The molecule has 1 aliphatic heterocycles. The molecule has 1 amide bonds. The quantitative estimate of drug-likeness (QED) is 0.770. The lowest BCUT2D eigenvalue weighted by Crippen LogP contribution is -2.40. The van der Waals surface area contributed by atoms with Crippen molar-refractivity contribution < 1.29 is 4.79 Å². The van der Waals surface area contributed by atoms with Gasteiger partial charge in [-0.3, -0.25) is 14.6 Å². The fraction of sp³-hybridized carbons (Fsp3) is 0.381. The van der Waals surface area contributed by atoms with E-state index in [9.17, 15) is 4.79 Å². The van der Waals surface area contributed by atoms with Crippen molar-refractivity contribution in [1.29, 1.82) is 0 Å². The van der Waals surface area contributed by atoms with Gasteiger partial charge in [0.2, 0.25) is 0 Å². The van der Waals surface area contributed by atoms with Gasteiger partial charge in [0.15, 0.2) is 0 Å². The van der Waals surface area contributed by atoms with Gasteiger partial charge in [0.1, 0.15) is 5.69 Å². The number of nitrogens with one attached hydrogen (secondary N) is 1. The van der Waals surface area contributed by atoms with Crippen LogP contribution in [0.15, 0.2) is 42.7 Å². The first kappa shape index (κ1) is 17.5. The van der Waals surface area contributed by atoms with Crippen LogP contribution in [0.25, 0.3) is 11.1 Å². The number of carbonyl (C=O) groups excluding carboxylic acids is 1. The van der Waals surface area contributed by atoms with Gasteiger partial charge in [0.05, 0.1) is 6.20 Å². The van der Waals surface area contributed by atoms with Gasteiger partial charge in [-0.25, -0.2) is 0 Å². The maximum absolute atomic E-state index is 13.0. The molecule has 1 atom stereocenters. The van der Waals surface area contributed by atoms with Crippen molar-refractivity contribution in [2.75, 3.05) is 13.1 Å². The normalized spacial score (nSPS) is 17.3. The number of aromatic nitrogens is 4. The molecule has 0 radical (unpaired) electrons. The minimum atomic E-state index is 0.0652. The third-order valence-electron chi connectivity index (χ3n) is 5.38. The molecule has 0 saturated carbocycles. The Balaban J connectivity index is 1.57. The number of hydrogen-bond donors (Lipinski definition) is 1. The second-order valence-electron chi connectivity index (χ2n) is 7.19. The molecule has 4 rings (SSSR count). The molecule has 0 bridgehead atoms. The van der Waals surface area contributed by atoms with Gasteiger partial charge < -0.3 is 4.90 Å². The fourth-order valence-electron chi connectivity index (χ4n) is 3.90. The molecule has 2 aromatic heterocycles. The van der Waals surface area contributed by atoms with Crippen molar-refractivity contribution in [2.45, 2.75) is 39.2 Å². The number of likely N-dealkylation sites (tertiary alicyclic amines) is 1. The Morgan fingerprint density at radius 2 is 2.07 bits per heavy atom. The molecule has 1 aromatic carbocycles. The topological polar surface area (TPSA) is 66.8 Å². The van der Waals surface area contributed by atoms with Crippen LogP contribution in [0.3, 0.4) is 0 Å². The summed E-state index contributed by atoms with van der Waals surface area (Å²) in [4.78, 5) is 14.9. The van der Waals surface area contributed by atoms with Crippen molar-refractivity contribution in [2.24, 2.45) is 0 Å².